The van der Waals surface area contributed by atoms with Crippen LogP contribution < -0.4 is 16.0 Å². The minimum Gasteiger partial charge on any atom is -0.355 e. The molecular weight excluding hydrogens is 440 g/mol. The van der Waals surface area contributed by atoms with Gasteiger partial charge in [0.15, 0.2) is 0 Å². The molecule has 2 heterocycles. The lowest BCUT2D eigenvalue weighted by Gasteiger charge is -2.18. The van der Waals surface area contributed by atoms with Gasteiger partial charge in [0.2, 0.25) is 5.91 Å². The van der Waals surface area contributed by atoms with Crippen molar-refractivity contribution < 1.29 is 9.59 Å². The summed E-state index contributed by atoms with van der Waals surface area (Å²) < 4.78 is 1.83. The number of hydrogen-bond acceptors (Lipinski definition) is 5. The molecule has 0 spiro atoms. The van der Waals surface area contributed by atoms with Crippen LogP contribution in [0.4, 0.5) is 17.1 Å². The van der Waals surface area contributed by atoms with E-state index in [1.165, 1.54) is 0 Å². The molecule has 0 aliphatic carbocycles. The first-order valence-electron chi connectivity index (χ1n) is 11.5. The van der Waals surface area contributed by atoms with Crippen LogP contribution in [0.15, 0.2) is 61.1 Å². The van der Waals surface area contributed by atoms with Crippen molar-refractivity contribution in [2.45, 2.75) is 39.7 Å². The first-order chi connectivity index (χ1) is 16.6. The Labute approximate surface area is 204 Å². The minimum absolute atomic E-state index is 0.0968. The highest BCUT2D eigenvalue weighted by Crippen LogP contribution is 2.28. The number of aromatic nitrogens is 3. The van der Waals surface area contributed by atoms with Crippen LogP contribution in [0.5, 0.6) is 0 Å². The van der Waals surface area contributed by atoms with Gasteiger partial charge >= 0.3 is 0 Å². The number of hydrogen-bond donors (Lipinski definition) is 3. The fraction of sp³-hybridized carbons (Fsp3) is 0.259. The van der Waals surface area contributed by atoms with E-state index in [1.807, 2.05) is 54.2 Å². The second kappa shape index (κ2) is 9.58. The quantitative estimate of drug-likeness (QED) is 0.377. The second-order valence-electron chi connectivity index (χ2n) is 9.51. The Balaban J connectivity index is 1.49. The number of pyridine rings is 1. The van der Waals surface area contributed by atoms with Crippen molar-refractivity contribution in [1.29, 1.82) is 0 Å². The summed E-state index contributed by atoms with van der Waals surface area (Å²) in [7, 11) is 1.61. The SMILES string of the molecule is CNC(=O)c1ccc2nccc(Nc3ccc(CC(=O)Nc4cnn(C(C)(C)C)c4)cc3C)c2c1. The van der Waals surface area contributed by atoms with Gasteiger partial charge in [-0.05, 0) is 69.2 Å². The number of nitrogens with zero attached hydrogens (tertiary/aromatic N) is 3. The van der Waals surface area contributed by atoms with E-state index in [0.29, 0.717) is 11.3 Å². The number of benzene rings is 2. The highest BCUT2D eigenvalue weighted by molar-refractivity contribution is 6.01. The molecule has 0 saturated heterocycles. The zero-order chi connectivity index (χ0) is 25.2. The van der Waals surface area contributed by atoms with E-state index in [-0.39, 0.29) is 23.8 Å². The standard InChI is InChI=1S/C27H30N6O2/c1-17-12-18(13-25(34)31-20-15-30-33(16-20)27(2,3)4)6-8-22(17)32-24-10-11-29-23-9-7-19(14-21(23)24)26(35)28-5/h6-12,14-16H,13H2,1-5H3,(H,28,35)(H,29,32)(H,31,34). The zero-order valence-corrected chi connectivity index (χ0v) is 20.6. The van der Waals surface area contributed by atoms with E-state index >= 15 is 0 Å². The summed E-state index contributed by atoms with van der Waals surface area (Å²) >= 11 is 0. The lowest BCUT2D eigenvalue weighted by atomic mass is 10.1. The van der Waals surface area contributed by atoms with Crippen molar-refractivity contribution >= 4 is 39.8 Å². The van der Waals surface area contributed by atoms with Crippen LogP contribution in [0, 0.1) is 6.92 Å². The number of anilines is 3. The van der Waals surface area contributed by atoms with Crippen LogP contribution in [0.1, 0.15) is 42.3 Å². The number of fused-ring (bicyclic) bond motifs is 1. The molecule has 8 heteroatoms. The summed E-state index contributed by atoms with van der Waals surface area (Å²) in [6.45, 7) is 8.16. The molecule has 0 radical (unpaired) electrons. The fourth-order valence-electron chi connectivity index (χ4n) is 3.81. The van der Waals surface area contributed by atoms with E-state index in [9.17, 15) is 9.59 Å². The first-order valence-corrected chi connectivity index (χ1v) is 11.5. The van der Waals surface area contributed by atoms with E-state index in [2.05, 4.69) is 46.8 Å². The molecule has 2 aromatic carbocycles. The summed E-state index contributed by atoms with van der Waals surface area (Å²) in [6, 6.07) is 13.2. The van der Waals surface area contributed by atoms with Gasteiger partial charge in [0.1, 0.15) is 0 Å². The number of carbonyl (C=O) groups is 2. The monoisotopic (exact) mass is 470 g/mol. The van der Waals surface area contributed by atoms with Crippen molar-refractivity contribution in [2.75, 3.05) is 17.7 Å². The molecule has 4 rings (SSSR count). The maximum absolute atomic E-state index is 12.6. The minimum atomic E-state index is -0.147. The first kappa shape index (κ1) is 23.9. The van der Waals surface area contributed by atoms with E-state index in [1.54, 1.807) is 25.5 Å². The summed E-state index contributed by atoms with van der Waals surface area (Å²) in [5.41, 5.74) is 5.58. The molecule has 3 N–H and O–H groups in total. The fourth-order valence-corrected chi connectivity index (χ4v) is 3.81. The van der Waals surface area contributed by atoms with Crippen LogP contribution in [-0.4, -0.2) is 33.6 Å². The molecule has 0 saturated carbocycles. The predicted molar refractivity (Wildman–Crippen MR) is 139 cm³/mol. The molecular formula is C27H30N6O2. The molecule has 0 bridgehead atoms. The van der Waals surface area contributed by atoms with Crippen LogP contribution in [0.25, 0.3) is 10.9 Å². The third-order valence-electron chi connectivity index (χ3n) is 5.71. The lowest BCUT2D eigenvalue weighted by molar-refractivity contribution is -0.115. The van der Waals surface area contributed by atoms with Crippen molar-refractivity contribution in [1.82, 2.24) is 20.1 Å². The Hall–Kier alpha value is -4.20. The van der Waals surface area contributed by atoms with Crippen LogP contribution in [-0.2, 0) is 16.8 Å². The molecule has 0 unspecified atom stereocenters. The lowest BCUT2D eigenvalue weighted by Crippen LogP contribution is -2.22. The molecule has 4 aromatic rings. The highest BCUT2D eigenvalue weighted by Gasteiger charge is 2.15. The average molecular weight is 471 g/mol. The van der Waals surface area contributed by atoms with Gasteiger partial charge in [0, 0.05) is 41.8 Å². The molecule has 180 valence electrons. The summed E-state index contributed by atoms with van der Waals surface area (Å²) in [5.74, 6) is -0.244. The molecule has 0 fully saturated rings. The van der Waals surface area contributed by atoms with Gasteiger partial charge < -0.3 is 16.0 Å². The third-order valence-corrected chi connectivity index (χ3v) is 5.71. The van der Waals surface area contributed by atoms with E-state index in [0.717, 1.165) is 33.4 Å². The molecule has 0 atom stereocenters. The summed E-state index contributed by atoms with van der Waals surface area (Å²) in [5, 5.41) is 14.2. The highest BCUT2D eigenvalue weighted by atomic mass is 16.2. The van der Waals surface area contributed by atoms with Gasteiger partial charge in [-0.25, -0.2) is 0 Å². The Morgan fingerprint density at radius 1 is 1.03 bits per heavy atom. The van der Waals surface area contributed by atoms with Crippen molar-refractivity contribution in [3.8, 4) is 0 Å². The molecule has 2 aromatic heterocycles. The Morgan fingerprint density at radius 3 is 2.51 bits per heavy atom. The Kier molecular flexibility index (Phi) is 6.55. The van der Waals surface area contributed by atoms with Crippen LogP contribution in [0.2, 0.25) is 0 Å². The summed E-state index contributed by atoms with van der Waals surface area (Å²) in [4.78, 5) is 29.1. The van der Waals surface area contributed by atoms with Gasteiger partial charge in [0.05, 0.1) is 29.4 Å². The number of carbonyl (C=O) groups excluding carboxylic acids is 2. The summed E-state index contributed by atoms with van der Waals surface area (Å²) in [6.07, 6.45) is 5.50. The van der Waals surface area contributed by atoms with Gasteiger partial charge in [-0.1, -0.05) is 12.1 Å². The van der Waals surface area contributed by atoms with Crippen molar-refractivity contribution in [2.24, 2.45) is 0 Å². The number of rotatable bonds is 6. The molecule has 0 aliphatic rings. The van der Waals surface area contributed by atoms with Crippen molar-refractivity contribution in [3.63, 3.8) is 0 Å². The topological polar surface area (TPSA) is 101 Å². The van der Waals surface area contributed by atoms with E-state index in [4.69, 9.17) is 0 Å². The van der Waals surface area contributed by atoms with Gasteiger partial charge in [-0.2, -0.15) is 5.10 Å². The number of aryl methyl sites for hydroxylation is 1. The average Bonchev–Trinajstić information content (AvgIpc) is 3.29. The van der Waals surface area contributed by atoms with Crippen LogP contribution >= 0.6 is 0 Å². The molecule has 35 heavy (non-hydrogen) atoms. The normalized spacial score (nSPS) is 11.3. The van der Waals surface area contributed by atoms with Gasteiger partial charge in [-0.15, -0.1) is 0 Å². The number of nitrogens with one attached hydrogen (secondary N) is 3. The zero-order valence-electron chi connectivity index (χ0n) is 20.6. The Morgan fingerprint density at radius 2 is 1.83 bits per heavy atom. The van der Waals surface area contributed by atoms with Crippen molar-refractivity contribution in [3.05, 3.63) is 77.7 Å². The smallest absolute Gasteiger partial charge is 0.251 e. The third kappa shape index (κ3) is 5.48. The maximum Gasteiger partial charge on any atom is 0.251 e. The maximum atomic E-state index is 12.6. The van der Waals surface area contributed by atoms with Gasteiger partial charge in [-0.3, -0.25) is 19.3 Å². The Bertz CT molecular complexity index is 1400. The predicted octanol–water partition coefficient (Wildman–Crippen LogP) is 4.78. The molecule has 0 aliphatic heterocycles. The largest absolute Gasteiger partial charge is 0.355 e. The van der Waals surface area contributed by atoms with Crippen LogP contribution in [0.3, 0.4) is 0 Å². The van der Waals surface area contributed by atoms with Gasteiger partial charge in [0.25, 0.3) is 5.91 Å². The molecule has 8 nitrogen and oxygen atoms in total. The molecule has 2 amide bonds. The van der Waals surface area contributed by atoms with E-state index < -0.39 is 0 Å². The number of amides is 2. The second-order valence-corrected chi connectivity index (χ2v) is 9.51.